The van der Waals surface area contributed by atoms with Crippen molar-refractivity contribution in [1.82, 2.24) is 0 Å². The first kappa shape index (κ1) is 63.3. The number of unbranched alkanes of at least 4 members (excludes halogenated alkanes) is 26. The molecule has 0 radical (unpaired) electrons. The minimum Gasteiger partial charge on any atom is -0.462 e. The molecule has 0 saturated heterocycles. The fraction of sp³-hybridized carbons (Fsp3) is 0.689. The van der Waals surface area contributed by atoms with Gasteiger partial charge >= 0.3 is 17.9 Å². The quantitative estimate of drug-likeness (QED) is 0.0199. The Balaban J connectivity index is 4.46. The molecule has 6 heteroatoms. The zero-order valence-corrected chi connectivity index (χ0v) is 43.6. The highest BCUT2D eigenvalue weighted by molar-refractivity contribution is 5.71. The van der Waals surface area contributed by atoms with Crippen LogP contribution in [0.2, 0.25) is 0 Å². The molecule has 0 aliphatic carbocycles. The van der Waals surface area contributed by atoms with Crippen LogP contribution in [0, 0.1) is 0 Å². The fourth-order valence-electron chi connectivity index (χ4n) is 7.55. The Bertz CT molecular complexity index is 1350. The number of esters is 3. The van der Waals surface area contributed by atoms with Gasteiger partial charge in [-0.2, -0.15) is 0 Å². The topological polar surface area (TPSA) is 78.9 Å². The number of rotatable bonds is 49. The summed E-state index contributed by atoms with van der Waals surface area (Å²) in [5.41, 5.74) is 0. The first-order chi connectivity index (χ1) is 33.0. The second-order valence-corrected chi connectivity index (χ2v) is 18.2. The smallest absolute Gasteiger partial charge is 0.306 e. The molecule has 0 aromatic rings. The van der Waals surface area contributed by atoms with E-state index in [0.29, 0.717) is 19.3 Å². The number of carbonyl (C=O) groups is 3. The summed E-state index contributed by atoms with van der Waals surface area (Å²) in [5.74, 6) is -0.926. The summed E-state index contributed by atoms with van der Waals surface area (Å²) < 4.78 is 16.8. The van der Waals surface area contributed by atoms with Crippen molar-refractivity contribution in [3.8, 4) is 0 Å². The summed E-state index contributed by atoms with van der Waals surface area (Å²) in [6.45, 7) is 6.42. The molecule has 0 aromatic heterocycles. The van der Waals surface area contributed by atoms with Crippen molar-refractivity contribution in [1.29, 1.82) is 0 Å². The Morgan fingerprint density at radius 1 is 0.328 bits per heavy atom. The molecule has 6 nitrogen and oxygen atoms in total. The number of hydrogen-bond donors (Lipinski definition) is 0. The summed E-state index contributed by atoms with van der Waals surface area (Å²) in [5, 5.41) is 0. The molecule has 0 bridgehead atoms. The Morgan fingerprint density at radius 3 is 1.10 bits per heavy atom. The van der Waals surface area contributed by atoms with E-state index in [9.17, 15) is 14.4 Å². The molecule has 0 aromatic carbocycles. The summed E-state index contributed by atoms with van der Waals surface area (Å²) in [6.07, 6.45) is 72.4. The van der Waals surface area contributed by atoms with Crippen molar-refractivity contribution in [3.63, 3.8) is 0 Å². The van der Waals surface area contributed by atoms with Gasteiger partial charge in [0, 0.05) is 19.3 Å². The van der Waals surface area contributed by atoms with Crippen LogP contribution in [0.4, 0.5) is 0 Å². The Kier molecular flexibility index (Phi) is 51.9. The van der Waals surface area contributed by atoms with Gasteiger partial charge < -0.3 is 14.2 Å². The third-order valence-corrected chi connectivity index (χ3v) is 11.7. The Labute approximate surface area is 413 Å². The maximum Gasteiger partial charge on any atom is 0.306 e. The van der Waals surface area contributed by atoms with Gasteiger partial charge in [0.05, 0.1) is 0 Å². The molecule has 0 amide bonds. The maximum atomic E-state index is 12.8. The average molecular weight is 931 g/mol. The van der Waals surface area contributed by atoms with Crippen LogP contribution in [-0.4, -0.2) is 37.2 Å². The van der Waals surface area contributed by atoms with E-state index in [1.165, 1.54) is 96.3 Å². The highest BCUT2D eigenvalue weighted by Gasteiger charge is 2.19. The van der Waals surface area contributed by atoms with Gasteiger partial charge in [0.1, 0.15) is 13.2 Å². The summed E-state index contributed by atoms with van der Waals surface area (Å²) in [7, 11) is 0. The largest absolute Gasteiger partial charge is 0.462 e. The van der Waals surface area contributed by atoms with E-state index in [-0.39, 0.29) is 31.1 Å². The zero-order valence-electron chi connectivity index (χ0n) is 43.6. The molecule has 0 saturated carbocycles. The van der Waals surface area contributed by atoms with Crippen LogP contribution in [0.3, 0.4) is 0 Å². The van der Waals surface area contributed by atoms with E-state index in [2.05, 4.69) is 93.7 Å². The van der Waals surface area contributed by atoms with Gasteiger partial charge in [-0.05, 0) is 70.6 Å². The van der Waals surface area contributed by atoms with Gasteiger partial charge in [0.2, 0.25) is 0 Å². The van der Waals surface area contributed by atoms with Crippen LogP contribution in [0.5, 0.6) is 0 Å². The van der Waals surface area contributed by atoms with E-state index in [0.717, 1.165) is 116 Å². The van der Waals surface area contributed by atoms with Crippen molar-refractivity contribution >= 4 is 17.9 Å². The molecule has 1 atom stereocenters. The Morgan fingerprint density at radius 2 is 0.672 bits per heavy atom. The molecule has 0 aliphatic heterocycles. The van der Waals surface area contributed by atoms with Crippen molar-refractivity contribution < 1.29 is 28.6 Å². The number of ether oxygens (including phenoxy) is 3. The molecular weight excluding hydrogens is 829 g/mol. The van der Waals surface area contributed by atoms with E-state index < -0.39 is 6.10 Å². The predicted molar refractivity (Wildman–Crippen MR) is 288 cm³/mol. The predicted octanol–water partition coefficient (Wildman–Crippen LogP) is 18.5. The average Bonchev–Trinajstić information content (AvgIpc) is 3.33. The van der Waals surface area contributed by atoms with E-state index >= 15 is 0 Å². The molecule has 67 heavy (non-hydrogen) atoms. The third kappa shape index (κ3) is 53.2. The summed E-state index contributed by atoms with van der Waals surface area (Å²) >= 11 is 0. The minimum absolute atomic E-state index is 0.0904. The number of carbonyl (C=O) groups excluding carboxylic acids is 3. The van der Waals surface area contributed by atoms with Crippen molar-refractivity contribution in [2.75, 3.05) is 13.2 Å². The molecule has 0 aliphatic rings. The molecule has 0 fully saturated rings. The molecule has 0 N–H and O–H groups in total. The van der Waals surface area contributed by atoms with Gasteiger partial charge in [-0.3, -0.25) is 14.4 Å². The van der Waals surface area contributed by atoms with Crippen LogP contribution in [0.25, 0.3) is 0 Å². The first-order valence-electron chi connectivity index (χ1n) is 27.8. The van der Waals surface area contributed by atoms with Gasteiger partial charge in [-0.25, -0.2) is 0 Å². The minimum atomic E-state index is -0.795. The van der Waals surface area contributed by atoms with Crippen LogP contribution < -0.4 is 0 Å². The van der Waals surface area contributed by atoms with Gasteiger partial charge in [0.25, 0.3) is 0 Å². The second kappa shape index (κ2) is 54.9. The van der Waals surface area contributed by atoms with E-state index in [1.54, 1.807) is 0 Å². The number of hydrogen-bond acceptors (Lipinski definition) is 6. The molecule has 0 spiro atoms. The monoisotopic (exact) mass is 931 g/mol. The van der Waals surface area contributed by atoms with Crippen molar-refractivity contribution in [2.24, 2.45) is 0 Å². The number of allylic oxidation sites excluding steroid dienone is 16. The first-order valence-corrected chi connectivity index (χ1v) is 27.8. The van der Waals surface area contributed by atoms with Gasteiger partial charge in [0.15, 0.2) is 6.10 Å². The van der Waals surface area contributed by atoms with Gasteiger partial charge in [-0.15, -0.1) is 0 Å². The van der Waals surface area contributed by atoms with Crippen LogP contribution in [0.1, 0.15) is 252 Å². The van der Waals surface area contributed by atoms with E-state index in [1.807, 2.05) is 24.3 Å². The molecule has 0 heterocycles. The normalized spacial score (nSPS) is 12.8. The molecule has 382 valence electrons. The highest BCUT2D eigenvalue weighted by Crippen LogP contribution is 2.15. The van der Waals surface area contributed by atoms with Crippen LogP contribution in [0.15, 0.2) is 97.2 Å². The lowest BCUT2D eigenvalue weighted by Crippen LogP contribution is -2.30. The molecule has 0 rings (SSSR count). The Hall–Kier alpha value is -3.67. The van der Waals surface area contributed by atoms with E-state index in [4.69, 9.17) is 14.2 Å². The SMILES string of the molecule is CC/C=C\C/C=C\C/C=C\CCCCCCCCC(=O)OC(COC(=O)CCCCCCC\C=C/C=C\C=C/C=C\C=C/CCC)COC(=O)CCCCCCCCCCCCCCCCC. The second-order valence-electron chi connectivity index (χ2n) is 18.2. The summed E-state index contributed by atoms with van der Waals surface area (Å²) in [6, 6.07) is 0. The fourth-order valence-corrected chi connectivity index (χ4v) is 7.55. The standard InChI is InChI=1S/C61H102O6/c1-4-7-10-13-16-19-22-25-28-30-31-34-36-39-42-45-48-51-54-60(63)66-57-58(56-65-59(62)53-50-47-44-41-38-35-32-27-24-21-18-15-12-9-6-3)67-61(64)55-52-49-46-43-40-37-33-29-26-23-20-17-14-11-8-5-2/h8,10-11,13,16-17,19-20,22,25-26,28-31,34,58H,4-7,9,12,14-15,18,21,23-24,27,32-33,35-57H2,1-3H3/b11-8-,13-10-,19-16-,20-17-,25-22-,29-26-,30-28-,34-31-. The third-order valence-electron chi connectivity index (χ3n) is 11.7. The molecule has 1 unspecified atom stereocenters. The maximum absolute atomic E-state index is 12.8. The van der Waals surface area contributed by atoms with Gasteiger partial charge in [-0.1, -0.05) is 259 Å². The van der Waals surface area contributed by atoms with Crippen LogP contribution >= 0.6 is 0 Å². The van der Waals surface area contributed by atoms with Crippen molar-refractivity contribution in [3.05, 3.63) is 97.2 Å². The lowest BCUT2D eigenvalue weighted by molar-refractivity contribution is -0.167. The van der Waals surface area contributed by atoms with Crippen LogP contribution in [-0.2, 0) is 28.6 Å². The lowest BCUT2D eigenvalue weighted by Gasteiger charge is -2.18. The lowest BCUT2D eigenvalue weighted by atomic mass is 10.0. The highest BCUT2D eigenvalue weighted by atomic mass is 16.6. The zero-order chi connectivity index (χ0) is 48.6. The molecular formula is C61H102O6. The van der Waals surface area contributed by atoms with Crippen molar-refractivity contribution in [2.45, 2.75) is 258 Å². The summed E-state index contributed by atoms with van der Waals surface area (Å²) in [4.78, 5) is 38.1.